The quantitative estimate of drug-likeness (QED) is 0.269. The summed E-state index contributed by atoms with van der Waals surface area (Å²) in [4.78, 5) is 13.0. The molecule has 38 heavy (non-hydrogen) atoms. The van der Waals surface area contributed by atoms with Crippen LogP contribution in [0.3, 0.4) is 0 Å². The Bertz CT molecular complexity index is 1680. The summed E-state index contributed by atoms with van der Waals surface area (Å²) in [6.45, 7) is 5.51. The van der Waals surface area contributed by atoms with Gasteiger partial charge in [0.25, 0.3) is 26.0 Å². The average molecular weight is 550 g/mol. The lowest BCUT2D eigenvalue weighted by Gasteiger charge is -2.13. The third-order valence-electron chi connectivity index (χ3n) is 5.80. The van der Waals surface area contributed by atoms with Crippen molar-refractivity contribution in [3.63, 3.8) is 0 Å². The SMILES string of the molecule is Cc1ccc(NS(=O)(=O)c2ccc(NC(=O)c3ccc(C)c(NS(=O)(=O)c4ccc(C)cc4)c3)cc2)cc1. The van der Waals surface area contributed by atoms with Gasteiger partial charge in [0, 0.05) is 16.9 Å². The molecule has 1 amide bonds. The zero-order valence-electron chi connectivity index (χ0n) is 21.0. The first-order valence-corrected chi connectivity index (χ1v) is 14.6. The van der Waals surface area contributed by atoms with Crippen molar-refractivity contribution in [3.8, 4) is 0 Å². The van der Waals surface area contributed by atoms with Crippen molar-refractivity contribution in [3.05, 3.63) is 113 Å². The maximum Gasteiger partial charge on any atom is 0.261 e. The van der Waals surface area contributed by atoms with Crippen LogP contribution in [0.2, 0.25) is 0 Å². The van der Waals surface area contributed by atoms with Crippen LogP contribution < -0.4 is 14.8 Å². The van der Waals surface area contributed by atoms with Crippen LogP contribution in [0.4, 0.5) is 17.1 Å². The number of hydrogen-bond donors (Lipinski definition) is 3. The Labute approximate surface area is 222 Å². The summed E-state index contributed by atoms with van der Waals surface area (Å²) in [7, 11) is -7.65. The number of nitrogens with one attached hydrogen (secondary N) is 3. The molecule has 4 aromatic carbocycles. The lowest BCUT2D eigenvalue weighted by atomic mass is 10.1. The topological polar surface area (TPSA) is 121 Å². The molecule has 0 heterocycles. The summed E-state index contributed by atoms with van der Waals surface area (Å²) in [6, 6.07) is 23.9. The molecule has 196 valence electrons. The van der Waals surface area contributed by atoms with Gasteiger partial charge in [0.2, 0.25) is 0 Å². The van der Waals surface area contributed by atoms with Gasteiger partial charge in [0.1, 0.15) is 0 Å². The number of amides is 1. The number of sulfonamides is 2. The van der Waals surface area contributed by atoms with Crippen LogP contribution in [-0.4, -0.2) is 22.7 Å². The van der Waals surface area contributed by atoms with Gasteiger partial charge in [-0.1, -0.05) is 41.5 Å². The van der Waals surface area contributed by atoms with E-state index in [0.717, 1.165) is 11.1 Å². The molecule has 8 nitrogen and oxygen atoms in total. The van der Waals surface area contributed by atoms with Gasteiger partial charge < -0.3 is 5.32 Å². The fourth-order valence-electron chi connectivity index (χ4n) is 3.55. The van der Waals surface area contributed by atoms with Gasteiger partial charge in [-0.3, -0.25) is 14.2 Å². The second-order valence-corrected chi connectivity index (χ2v) is 12.3. The molecule has 10 heteroatoms. The Kier molecular flexibility index (Phi) is 7.56. The molecule has 3 N–H and O–H groups in total. The van der Waals surface area contributed by atoms with Gasteiger partial charge in [-0.25, -0.2) is 16.8 Å². The fraction of sp³-hybridized carbons (Fsp3) is 0.107. The van der Waals surface area contributed by atoms with Gasteiger partial charge in [0.05, 0.1) is 15.5 Å². The number of carbonyl (C=O) groups is 1. The van der Waals surface area contributed by atoms with E-state index in [-0.39, 0.29) is 21.0 Å². The van der Waals surface area contributed by atoms with E-state index in [4.69, 9.17) is 0 Å². The molecule has 0 aliphatic heterocycles. The zero-order chi connectivity index (χ0) is 27.5. The standard InChI is InChI=1S/C28H27N3O5S2/c1-19-4-10-24(11-5-19)30-37(33,34)26-16-12-23(13-17-26)29-28(32)22-9-8-21(3)27(18-22)31-38(35,36)25-14-6-20(2)7-15-25/h4-18,30-31H,1-3H3,(H,29,32). The Hall–Kier alpha value is -4.15. The number of aryl methyl sites for hydroxylation is 3. The van der Waals surface area contributed by atoms with Crippen molar-refractivity contribution in [1.29, 1.82) is 0 Å². The van der Waals surface area contributed by atoms with Crippen LogP contribution in [0.1, 0.15) is 27.0 Å². The van der Waals surface area contributed by atoms with Gasteiger partial charge in [-0.05, 0) is 87.0 Å². The van der Waals surface area contributed by atoms with Gasteiger partial charge in [0.15, 0.2) is 0 Å². The Morgan fingerprint density at radius 3 is 1.63 bits per heavy atom. The van der Waals surface area contributed by atoms with Crippen LogP contribution in [0.15, 0.2) is 101 Å². The summed E-state index contributed by atoms with van der Waals surface area (Å²) in [6.07, 6.45) is 0. The fourth-order valence-corrected chi connectivity index (χ4v) is 5.73. The molecule has 0 aliphatic rings. The molecule has 0 radical (unpaired) electrons. The van der Waals surface area contributed by atoms with E-state index in [9.17, 15) is 21.6 Å². The summed E-state index contributed by atoms with van der Waals surface area (Å²) in [5, 5.41) is 2.71. The molecular weight excluding hydrogens is 522 g/mol. The van der Waals surface area contributed by atoms with E-state index in [0.29, 0.717) is 16.9 Å². The van der Waals surface area contributed by atoms with Crippen molar-refractivity contribution < 1.29 is 21.6 Å². The van der Waals surface area contributed by atoms with Crippen molar-refractivity contribution in [2.24, 2.45) is 0 Å². The molecule has 4 aromatic rings. The molecule has 0 aliphatic carbocycles. The van der Waals surface area contributed by atoms with E-state index < -0.39 is 26.0 Å². The zero-order valence-corrected chi connectivity index (χ0v) is 22.7. The molecule has 0 saturated carbocycles. The number of anilines is 3. The first-order chi connectivity index (χ1) is 17.9. The smallest absolute Gasteiger partial charge is 0.261 e. The second kappa shape index (κ2) is 10.7. The molecule has 0 saturated heterocycles. The first-order valence-electron chi connectivity index (χ1n) is 11.6. The van der Waals surface area contributed by atoms with E-state index >= 15 is 0 Å². The molecule has 0 fully saturated rings. The van der Waals surface area contributed by atoms with E-state index in [1.54, 1.807) is 55.5 Å². The third-order valence-corrected chi connectivity index (χ3v) is 8.58. The maximum atomic E-state index is 12.9. The Morgan fingerprint density at radius 2 is 1.05 bits per heavy atom. The van der Waals surface area contributed by atoms with Crippen molar-refractivity contribution in [2.45, 2.75) is 30.6 Å². The maximum absolute atomic E-state index is 12.9. The molecule has 0 unspecified atom stereocenters. The minimum Gasteiger partial charge on any atom is -0.322 e. The molecule has 0 bridgehead atoms. The van der Waals surface area contributed by atoms with Crippen molar-refractivity contribution in [1.82, 2.24) is 0 Å². The van der Waals surface area contributed by atoms with E-state index in [1.165, 1.54) is 42.5 Å². The van der Waals surface area contributed by atoms with Crippen molar-refractivity contribution in [2.75, 3.05) is 14.8 Å². The highest BCUT2D eigenvalue weighted by Gasteiger charge is 2.18. The van der Waals surface area contributed by atoms with Gasteiger partial charge in [-0.15, -0.1) is 0 Å². The van der Waals surface area contributed by atoms with Gasteiger partial charge >= 0.3 is 0 Å². The highest BCUT2D eigenvalue weighted by molar-refractivity contribution is 7.93. The first kappa shape index (κ1) is 26.9. The predicted octanol–water partition coefficient (Wildman–Crippen LogP) is 5.47. The van der Waals surface area contributed by atoms with Crippen LogP contribution in [0, 0.1) is 20.8 Å². The van der Waals surface area contributed by atoms with Crippen LogP contribution in [0.5, 0.6) is 0 Å². The van der Waals surface area contributed by atoms with Gasteiger partial charge in [-0.2, -0.15) is 0 Å². The molecule has 4 rings (SSSR count). The second-order valence-electron chi connectivity index (χ2n) is 8.90. The van der Waals surface area contributed by atoms with Crippen molar-refractivity contribution >= 4 is 43.0 Å². The van der Waals surface area contributed by atoms with E-state index in [2.05, 4.69) is 14.8 Å². The minimum absolute atomic E-state index is 0.0409. The summed E-state index contributed by atoms with van der Waals surface area (Å²) in [5.74, 6) is -0.478. The number of carbonyl (C=O) groups excluding carboxylic acids is 1. The number of rotatable bonds is 8. The highest BCUT2D eigenvalue weighted by atomic mass is 32.2. The average Bonchev–Trinajstić information content (AvgIpc) is 2.87. The molecular formula is C28H27N3O5S2. The van der Waals surface area contributed by atoms with Crippen LogP contribution in [0.25, 0.3) is 0 Å². The predicted molar refractivity (Wildman–Crippen MR) is 150 cm³/mol. The number of hydrogen-bond acceptors (Lipinski definition) is 5. The minimum atomic E-state index is -3.84. The molecule has 0 atom stereocenters. The largest absolute Gasteiger partial charge is 0.322 e. The Morgan fingerprint density at radius 1 is 0.579 bits per heavy atom. The Balaban J connectivity index is 1.47. The van der Waals surface area contributed by atoms with E-state index in [1.807, 2.05) is 13.8 Å². The highest BCUT2D eigenvalue weighted by Crippen LogP contribution is 2.23. The lowest BCUT2D eigenvalue weighted by molar-refractivity contribution is 0.102. The van der Waals surface area contributed by atoms with Crippen LogP contribution in [-0.2, 0) is 20.0 Å². The number of benzene rings is 4. The van der Waals surface area contributed by atoms with Crippen LogP contribution >= 0.6 is 0 Å². The normalized spacial score (nSPS) is 11.6. The molecule has 0 spiro atoms. The summed E-state index contributed by atoms with van der Waals surface area (Å²) in [5.41, 5.74) is 3.93. The lowest BCUT2D eigenvalue weighted by Crippen LogP contribution is -2.16. The summed E-state index contributed by atoms with van der Waals surface area (Å²) < 4.78 is 56.1. The molecule has 0 aromatic heterocycles. The third kappa shape index (κ3) is 6.39. The monoisotopic (exact) mass is 549 g/mol. The summed E-state index contributed by atoms with van der Waals surface area (Å²) >= 11 is 0.